The SMILES string of the molecule is CC12CCC(c3ccc(N)c([N+](=O)[O-])c3)(CC1)CC2. The number of nitrogens with two attached hydrogens (primary N) is 1. The summed E-state index contributed by atoms with van der Waals surface area (Å²) < 4.78 is 0. The van der Waals surface area contributed by atoms with E-state index in [1.807, 2.05) is 6.07 Å². The molecule has 102 valence electrons. The van der Waals surface area contributed by atoms with E-state index in [9.17, 15) is 10.1 Å². The molecule has 3 aliphatic rings. The Hall–Kier alpha value is -1.58. The Labute approximate surface area is 113 Å². The van der Waals surface area contributed by atoms with E-state index in [-0.39, 0.29) is 21.7 Å². The molecule has 0 radical (unpaired) electrons. The summed E-state index contributed by atoms with van der Waals surface area (Å²) in [6.07, 6.45) is 7.20. The molecule has 1 aromatic rings. The second-order valence-electron chi connectivity index (χ2n) is 6.62. The Morgan fingerprint density at radius 1 is 1.16 bits per heavy atom. The molecule has 0 atom stereocenters. The fraction of sp³-hybridized carbons (Fsp3) is 0.600. The van der Waals surface area contributed by atoms with Crippen LogP contribution in [-0.4, -0.2) is 4.92 Å². The zero-order valence-electron chi connectivity index (χ0n) is 11.3. The van der Waals surface area contributed by atoms with Gasteiger partial charge in [0.2, 0.25) is 0 Å². The molecule has 3 saturated carbocycles. The molecule has 4 heteroatoms. The van der Waals surface area contributed by atoms with Crippen LogP contribution in [0, 0.1) is 15.5 Å². The largest absolute Gasteiger partial charge is 0.393 e. The average Bonchev–Trinajstić information content (AvgIpc) is 2.40. The third-order valence-electron chi connectivity index (χ3n) is 5.46. The summed E-state index contributed by atoms with van der Waals surface area (Å²) in [5.41, 5.74) is 7.82. The van der Waals surface area contributed by atoms with Gasteiger partial charge in [-0.3, -0.25) is 10.1 Å². The number of nitrogens with zero attached hydrogens (tertiary/aromatic N) is 1. The lowest BCUT2D eigenvalue weighted by molar-refractivity contribution is -0.384. The van der Waals surface area contributed by atoms with Crippen LogP contribution in [0.15, 0.2) is 18.2 Å². The highest BCUT2D eigenvalue weighted by Crippen LogP contribution is 2.57. The first-order valence-electron chi connectivity index (χ1n) is 6.99. The summed E-state index contributed by atoms with van der Waals surface area (Å²) in [4.78, 5) is 10.7. The van der Waals surface area contributed by atoms with Gasteiger partial charge in [-0.1, -0.05) is 13.0 Å². The van der Waals surface area contributed by atoms with Gasteiger partial charge in [0.25, 0.3) is 5.69 Å². The van der Waals surface area contributed by atoms with Crippen LogP contribution in [0.2, 0.25) is 0 Å². The minimum absolute atomic E-state index is 0.0609. The van der Waals surface area contributed by atoms with Crippen molar-refractivity contribution in [3.8, 4) is 0 Å². The maximum atomic E-state index is 11.0. The third-order valence-corrected chi connectivity index (χ3v) is 5.46. The van der Waals surface area contributed by atoms with Crippen LogP contribution in [0.5, 0.6) is 0 Å². The van der Waals surface area contributed by atoms with Crippen LogP contribution in [0.3, 0.4) is 0 Å². The van der Waals surface area contributed by atoms with E-state index in [4.69, 9.17) is 5.73 Å². The molecule has 0 heterocycles. The Morgan fingerprint density at radius 3 is 2.26 bits per heavy atom. The molecule has 1 aromatic carbocycles. The Bertz CT molecular complexity index is 514. The van der Waals surface area contributed by atoms with Crippen LogP contribution in [-0.2, 0) is 5.41 Å². The van der Waals surface area contributed by atoms with Crippen LogP contribution in [0.25, 0.3) is 0 Å². The summed E-state index contributed by atoms with van der Waals surface area (Å²) in [6.45, 7) is 2.38. The number of hydrogen-bond donors (Lipinski definition) is 1. The standard InChI is InChI=1S/C15H20N2O2/c1-14-4-7-15(8-5-14,9-6-14)11-2-3-12(16)13(10-11)17(18)19/h2-3,10H,4-9,16H2,1H3. The van der Waals surface area contributed by atoms with Gasteiger partial charge in [0.05, 0.1) is 4.92 Å². The molecule has 3 aliphatic carbocycles. The van der Waals surface area contributed by atoms with Gasteiger partial charge in [-0.05, 0) is 61.0 Å². The molecule has 0 aromatic heterocycles. The molecule has 0 saturated heterocycles. The summed E-state index contributed by atoms with van der Waals surface area (Å²) in [5, 5.41) is 11.0. The minimum atomic E-state index is -0.370. The topological polar surface area (TPSA) is 69.2 Å². The van der Waals surface area contributed by atoms with Gasteiger partial charge in [0, 0.05) is 6.07 Å². The second-order valence-corrected chi connectivity index (χ2v) is 6.62. The Morgan fingerprint density at radius 2 is 1.74 bits per heavy atom. The van der Waals surface area contributed by atoms with Crippen LogP contribution in [0.1, 0.15) is 51.0 Å². The fourth-order valence-corrected chi connectivity index (χ4v) is 3.84. The number of anilines is 1. The van der Waals surface area contributed by atoms with Gasteiger partial charge in [-0.25, -0.2) is 0 Å². The Balaban J connectivity index is 1.99. The van der Waals surface area contributed by atoms with Gasteiger partial charge in [0.15, 0.2) is 0 Å². The molecule has 4 rings (SSSR count). The molecule has 0 amide bonds. The van der Waals surface area contributed by atoms with Crippen molar-refractivity contribution in [1.82, 2.24) is 0 Å². The molecule has 4 nitrogen and oxygen atoms in total. The number of nitrogen functional groups attached to an aromatic ring is 1. The zero-order valence-corrected chi connectivity index (χ0v) is 11.3. The third kappa shape index (κ3) is 1.90. The zero-order chi connectivity index (χ0) is 13.7. The van der Waals surface area contributed by atoms with Crippen LogP contribution < -0.4 is 5.73 Å². The van der Waals surface area contributed by atoms with Gasteiger partial charge >= 0.3 is 0 Å². The predicted molar refractivity (Wildman–Crippen MR) is 75.0 cm³/mol. The van der Waals surface area contributed by atoms with Crippen molar-refractivity contribution in [2.24, 2.45) is 5.41 Å². The molecular weight excluding hydrogens is 240 g/mol. The van der Waals surface area contributed by atoms with Crippen molar-refractivity contribution in [3.05, 3.63) is 33.9 Å². The van der Waals surface area contributed by atoms with Crippen molar-refractivity contribution in [3.63, 3.8) is 0 Å². The molecule has 0 spiro atoms. The first-order valence-corrected chi connectivity index (χ1v) is 6.99. The highest BCUT2D eigenvalue weighted by Gasteiger charge is 2.47. The van der Waals surface area contributed by atoms with Gasteiger partial charge in [-0.2, -0.15) is 0 Å². The number of hydrogen-bond acceptors (Lipinski definition) is 3. The maximum absolute atomic E-state index is 11.0. The maximum Gasteiger partial charge on any atom is 0.292 e. The van der Waals surface area contributed by atoms with Crippen LogP contribution in [0.4, 0.5) is 11.4 Å². The normalized spacial score (nSPS) is 33.3. The van der Waals surface area contributed by atoms with Crippen molar-refractivity contribution < 1.29 is 4.92 Å². The van der Waals surface area contributed by atoms with E-state index in [1.54, 1.807) is 12.1 Å². The molecular formula is C15H20N2O2. The summed E-state index contributed by atoms with van der Waals surface area (Å²) in [7, 11) is 0. The monoisotopic (exact) mass is 260 g/mol. The van der Waals surface area contributed by atoms with Crippen molar-refractivity contribution in [2.75, 3.05) is 5.73 Å². The molecule has 2 N–H and O–H groups in total. The van der Waals surface area contributed by atoms with E-state index < -0.39 is 0 Å². The summed E-state index contributed by atoms with van der Waals surface area (Å²) in [6, 6.07) is 5.41. The molecule has 0 aliphatic heterocycles. The lowest BCUT2D eigenvalue weighted by atomic mass is 9.52. The second kappa shape index (κ2) is 3.95. The van der Waals surface area contributed by atoms with E-state index in [2.05, 4.69) is 6.92 Å². The van der Waals surface area contributed by atoms with Crippen LogP contribution >= 0.6 is 0 Å². The highest BCUT2D eigenvalue weighted by molar-refractivity contribution is 5.60. The van der Waals surface area contributed by atoms with E-state index in [0.29, 0.717) is 5.41 Å². The fourth-order valence-electron chi connectivity index (χ4n) is 3.84. The number of benzene rings is 1. The lowest BCUT2D eigenvalue weighted by Gasteiger charge is -2.52. The number of rotatable bonds is 2. The average molecular weight is 260 g/mol. The first kappa shape index (κ1) is 12.5. The number of nitro benzene ring substituents is 1. The molecule has 19 heavy (non-hydrogen) atoms. The van der Waals surface area contributed by atoms with Gasteiger partial charge in [-0.15, -0.1) is 0 Å². The quantitative estimate of drug-likeness (QED) is 0.499. The van der Waals surface area contributed by atoms with E-state index in [1.165, 1.54) is 19.3 Å². The van der Waals surface area contributed by atoms with Crippen molar-refractivity contribution in [2.45, 2.75) is 50.9 Å². The number of fused-ring (bicyclic) bond motifs is 3. The van der Waals surface area contributed by atoms with Gasteiger partial charge < -0.3 is 5.73 Å². The minimum Gasteiger partial charge on any atom is -0.393 e. The van der Waals surface area contributed by atoms with E-state index in [0.717, 1.165) is 24.8 Å². The number of nitro groups is 1. The predicted octanol–water partition coefficient (Wildman–Crippen LogP) is 3.79. The van der Waals surface area contributed by atoms with E-state index >= 15 is 0 Å². The first-order chi connectivity index (χ1) is 8.94. The van der Waals surface area contributed by atoms with Crippen molar-refractivity contribution in [1.29, 1.82) is 0 Å². The summed E-state index contributed by atoms with van der Waals surface area (Å²) >= 11 is 0. The summed E-state index contributed by atoms with van der Waals surface area (Å²) in [5.74, 6) is 0. The van der Waals surface area contributed by atoms with Gasteiger partial charge in [0.1, 0.15) is 5.69 Å². The lowest BCUT2D eigenvalue weighted by Crippen LogP contribution is -2.42. The smallest absolute Gasteiger partial charge is 0.292 e. The molecule has 0 unspecified atom stereocenters. The molecule has 2 bridgehead atoms. The highest BCUT2D eigenvalue weighted by atomic mass is 16.6. The van der Waals surface area contributed by atoms with Crippen molar-refractivity contribution >= 4 is 11.4 Å². The molecule has 3 fully saturated rings. The Kier molecular flexibility index (Phi) is 2.59.